The minimum absolute atomic E-state index is 0.0210. The lowest BCUT2D eigenvalue weighted by atomic mass is 9.99. The van der Waals surface area contributed by atoms with E-state index in [1.54, 1.807) is 45.2 Å². The van der Waals surface area contributed by atoms with Crippen molar-refractivity contribution in [3.8, 4) is 0 Å². The molecule has 0 aliphatic heterocycles. The Hall–Kier alpha value is -1.04. The Labute approximate surface area is 247 Å². The fourth-order valence-corrected chi connectivity index (χ4v) is 7.66. The van der Waals surface area contributed by atoms with Crippen LogP contribution in [0, 0.1) is 10.7 Å². The molecule has 0 saturated heterocycles. The average Bonchev–Trinajstić information content (AvgIpc) is 2.82. The minimum atomic E-state index is -2.18. The number of halogens is 3. The maximum atomic E-state index is 13.8. The van der Waals surface area contributed by atoms with E-state index in [-0.39, 0.29) is 30.4 Å². The van der Waals surface area contributed by atoms with Crippen LogP contribution in [0.15, 0.2) is 0 Å². The first-order valence-electron chi connectivity index (χ1n) is 10.1. The molecule has 0 spiro atoms. The van der Waals surface area contributed by atoms with E-state index in [1.165, 1.54) is 25.8 Å². The summed E-state index contributed by atoms with van der Waals surface area (Å²) in [6, 6.07) is -2.01. The molecular weight excluding hydrogens is 821 g/mol. The molecule has 1 aromatic rings. The predicted octanol–water partition coefficient (Wildman–Crippen LogP) is -0.988. The van der Waals surface area contributed by atoms with Gasteiger partial charge in [0.25, 0.3) is 5.91 Å². The number of benzene rings is 1. The highest BCUT2D eigenvalue weighted by Crippen LogP contribution is 2.41. The second-order valence-corrected chi connectivity index (χ2v) is 10.7. The van der Waals surface area contributed by atoms with E-state index in [9.17, 15) is 39.3 Å². The number of hydrogen-bond donors (Lipinski definition) is 6. The molecule has 0 heterocycles. The van der Waals surface area contributed by atoms with Crippen LogP contribution in [0.25, 0.3) is 0 Å². The summed E-state index contributed by atoms with van der Waals surface area (Å²) < 4.78 is 0.756. The van der Waals surface area contributed by atoms with Gasteiger partial charge < -0.3 is 41.2 Å². The second kappa shape index (κ2) is 14.2. The van der Waals surface area contributed by atoms with Crippen LogP contribution in [0.4, 0.5) is 11.4 Å². The highest BCUT2D eigenvalue weighted by molar-refractivity contribution is 14.1. The fourth-order valence-electron chi connectivity index (χ4n) is 3.04. The molecule has 0 fully saturated rings. The van der Waals surface area contributed by atoms with Gasteiger partial charge in [0.15, 0.2) is 0 Å². The molecule has 0 saturated carbocycles. The fraction of sp³-hybridized carbons (Fsp3) is 0.450. The number of amides is 4. The number of rotatable bonds is 10. The average molecular weight is 846 g/mol. The zero-order valence-electron chi connectivity index (χ0n) is 19.2. The third kappa shape index (κ3) is 7.08. The summed E-state index contributed by atoms with van der Waals surface area (Å²) in [5, 5.41) is 42.0. The number of aliphatic hydroxyl groups is 4. The third-order valence-electron chi connectivity index (χ3n) is 5.00. The number of nitrogens with one attached hydrogen (secondary N) is 1. The number of carbonyl (C=O) groups is 5. The van der Waals surface area contributed by atoms with Gasteiger partial charge in [0.2, 0.25) is 17.7 Å². The van der Waals surface area contributed by atoms with Crippen molar-refractivity contribution in [2.24, 2.45) is 5.73 Å². The molecule has 1 rings (SSSR count). The van der Waals surface area contributed by atoms with Crippen molar-refractivity contribution < 1.29 is 44.4 Å². The molecule has 1 aromatic carbocycles. The quantitative estimate of drug-likeness (QED) is 0.125. The minimum Gasteiger partial charge on any atom is -0.394 e. The van der Waals surface area contributed by atoms with Gasteiger partial charge in [0.1, 0.15) is 30.6 Å². The van der Waals surface area contributed by atoms with Crippen LogP contribution in [0.1, 0.15) is 24.2 Å². The van der Waals surface area contributed by atoms with Crippen molar-refractivity contribution in [1.82, 2.24) is 4.90 Å². The Balaban J connectivity index is 3.95. The lowest BCUT2D eigenvalue weighted by Gasteiger charge is -2.34. The van der Waals surface area contributed by atoms with Crippen LogP contribution in [0.3, 0.4) is 0 Å². The van der Waals surface area contributed by atoms with Crippen molar-refractivity contribution in [3.63, 3.8) is 0 Å². The van der Waals surface area contributed by atoms with E-state index in [0.29, 0.717) is 8.47 Å². The molecule has 0 bridgehead atoms. The van der Waals surface area contributed by atoms with E-state index in [1.807, 2.05) is 22.6 Å². The highest BCUT2D eigenvalue weighted by Gasteiger charge is 2.41. The lowest BCUT2D eigenvalue weighted by Crippen LogP contribution is -2.58. The molecule has 13 nitrogen and oxygen atoms in total. The lowest BCUT2D eigenvalue weighted by molar-refractivity contribution is -0.142. The molecular formula is C20H25I3N4O9. The SMILES string of the molecule is CC(=O)Nc1c(I)c(C(=O)N(C(=O)CN)[C@@H](C=O)[C@@H](O)[C@H](O)[C@H](O)CO)c(I)c(N(C)C(C)=O)c1I. The number of imide groups is 1. The van der Waals surface area contributed by atoms with Crippen LogP contribution in [-0.2, 0) is 19.2 Å². The number of carbonyl (C=O) groups excluding carboxylic acids is 5. The first kappa shape index (κ1) is 33.0. The molecule has 0 radical (unpaired) electrons. The van der Waals surface area contributed by atoms with Gasteiger partial charge in [-0.3, -0.25) is 24.1 Å². The van der Waals surface area contributed by atoms with Gasteiger partial charge in [0.05, 0.1) is 40.8 Å². The predicted molar refractivity (Wildman–Crippen MR) is 153 cm³/mol. The second-order valence-electron chi connectivity index (χ2n) is 7.43. The third-order valence-corrected chi connectivity index (χ3v) is 8.18. The Kier molecular flexibility index (Phi) is 13.0. The van der Waals surface area contributed by atoms with Gasteiger partial charge in [0, 0.05) is 20.9 Å². The van der Waals surface area contributed by atoms with Crippen molar-refractivity contribution >= 4 is 109 Å². The van der Waals surface area contributed by atoms with E-state index in [0.717, 1.165) is 0 Å². The molecule has 7 N–H and O–H groups in total. The molecule has 36 heavy (non-hydrogen) atoms. The number of aliphatic hydroxyl groups excluding tert-OH is 4. The largest absolute Gasteiger partial charge is 0.394 e. The Morgan fingerprint density at radius 2 is 1.58 bits per heavy atom. The van der Waals surface area contributed by atoms with Crippen molar-refractivity contribution in [1.29, 1.82) is 0 Å². The summed E-state index contributed by atoms with van der Waals surface area (Å²) >= 11 is 5.43. The van der Waals surface area contributed by atoms with Gasteiger partial charge in [-0.1, -0.05) is 0 Å². The first-order valence-corrected chi connectivity index (χ1v) is 13.3. The zero-order chi connectivity index (χ0) is 28.1. The molecule has 4 amide bonds. The normalized spacial score (nSPS) is 14.3. The van der Waals surface area contributed by atoms with Gasteiger partial charge in [-0.2, -0.15) is 0 Å². The van der Waals surface area contributed by atoms with Crippen LogP contribution in [0.2, 0.25) is 0 Å². The van der Waals surface area contributed by atoms with Crippen LogP contribution < -0.4 is 16.0 Å². The highest BCUT2D eigenvalue weighted by atomic mass is 127. The molecule has 16 heteroatoms. The van der Waals surface area contributed by atoms with E-state index in [2.05, 4.69) is 5.32 Å². The summed E-state index contributed by atoms with van der Waals surface area (Å²) in [5.74, 6) is -3.12. The summed E-state index contributed by atoms with van der Waals surface area (Å²) in [5.41, 5.74) is 5.65. The Morgan fingerprint density at radius 3 is 2.00 bits per heavy atom. The van der Waals surface area contributed by atoms with Gasteiger partial charge in [-0.25, -0.2) is 0 Å². The summed E-state index contributed by atoms with van der Waals surface area (Å²) in [4.78, 5) is 64.1. The van der Waals surface area contributed by atoms with Crippen LogP contribution in [0.5, 0.6) is 0 Å². The molecule has 0 aliphatic carbocycles. The number of aldehydes is 1. The van der Waals surface area contributed by atoms with E-state index >= 15 is 0 Å². The first-order chi connectivity index (χ1) is 16.7. The Bertz CT molecular complexity index is 1060. The summed E-state index contributed by atoms with van der Waals surface area (Å²) in [6.45, 7) is 0.769. The molecule has 0 aliphatic rings. The van der Waals surface area contributed by atoms with Gasteiger partial charge in [-0.15, -0.1) is 0 Å². The van der Waals surface area contributed by atoms with Gasteiger partial charge in [-0.05, 0) is 67.8 Å². The van der Waals surface area contributed by atoms with Crippen LogP contribution >= 0.6 is 67.8 Å². The topological polar surface area (TPSA) is 211 Å². The van der Waals surface area contributed by atoms with E-state index in [4.69, 9.17) is 10.8 Å². The van der Waals surface area contributed by atoms with Crippen molar-refractivity contribution in [3.05, 3.63) is 16.3 Å². The van der Waals surface area contributed by atoms with Gasteiger partial charge >= 0.3 is 0 Å². The number of hydrogen-bond acceptors (Lipinski definition) is 10. The summed E-state index contributed by atoms with van der Waals surface area (Å²) in [7, 11) is 1.44. The van der Waals surface area contributed by atoms with E-state index < -0.39 is 61.1 Å². The number of nitrogens with two attached hydrogens (primary N) is 1. The number of anilines is 2. The monoisotopic (exact) mass is 846 g/mol. The zero-order valence-corrected chi connectivity index (χ0v) is 25.7. The van der Waals surface area contributed by atoms with Crippen molar-refractivity contribution in [2.45, 2.75) is 38.2 Å². The smallest absolute Gasteiger partial charge is 0.263 e. The maximum Gasteiger partial charge on any atom is 0.263 e. The molecule has 0 aromatic heterocycles. The Morgan fingerprint density at radius 1 is 1.03 bits per heavy atom. The van der Waals surface area contributed by atoms with Crippen molar-refractivity contribution in [2.75, 3.05) is 30.4 Å². The molecule has 0 unspecified atom stereocenters. The number of nitrogens with zero attached hydrogens (tertiary/aromatic N) is 2. The standard InChI is InChI=1S/C20H25I3N4O9/c1-7(30)25-16-13(21)12(14(22)17(15(16)23)26(3)8(2)31)20(36)27(11(33)4-24)9(5-28)18(34)19(35)10(32)6-29/h5,9-10,18-19,29,32,34-35H,4,6,24H2,1-3H3,(H,25,30)/t9-,10+,18+,19+/m0/s1. The molecule has 4 atom stereocenters. The molecule has 200 valence electrons. The van der Waals surface area contributed by atoms with Crippen LogP contribution in [-0.4, -0.2) is 99.8 Å². The summed E-state index contributed by atoms with van der Waals surface area (Å²) in [6.07, 6.45) is -6.14. The maximum absolute atomic E-state index is 13.8.